The third kappa shape index (κ3) is 11.6. The van der Waals surface area contributed by atoms with Crippen molar-refractivity contribution >= 4 is 17.9 Å². The fraction of sp³-hybridized carbons (Fsp3) is 0.0667. The maximum atomic E-state index is 9.23. The zero-order valence-corrected chi connectivity index (χ0v) is 23.9. The van der Waals surface area contributed by atoms with E-state index in [-0.39, 0.29) is 31.1 Å². The van der Waals surface area contributed by atoms with E-state index in [1.54, 1.807) is 6.07 Å². The van der Waals surface area contributed by atoms with Gasteiger partial charge in [0.2, 0.25) is 0 Å². The number of aliphatic hydroxyl groups is 1. The van der Waals surface area contributed by atoms with Crippen molar-refractivity contribution < 1.29 is 36.2 Å². The Morgan fingerprint density at radius 1 is 0.697 bits per heavy atom. The van der Waals surface area contributed by atoms with Crippen molar-refractivity contribution in [1.82, 2.24) is 0 Å². The summed E-state index contributed by atoms with van der Waals surface area (Å²) in [6.07, 6.45) is 0.723. The van der Waals surface area contributed by atoms with Crippen molar-refractivity contribution in [2.75, 3.05) is 12.8 Å². The van der Waals surface area contributed by atoms with Crippen LogP contribution in [0.2, 0.25) is 0 Å². The maximum absolute atomic E-state index is 9.23. The first-order valence-corrected chi connectivity index (χ1v) is 12.8. The topological polar surface area (TPSA) is 20.2 Å². The van der Waals surface area contributed by atoms with Crippen molar-refractivity contribution in [2.24, 2.45) is 0 Å². The van der Waals surface area contributed by atoms with Gasteiger partial charge in [-0.3, -0.25) is 0 Å². The van der Waals surface area contributed by atoms with E-state index in [1.807, 2.05) is 72.8 Å². The third-order valence-electron chi connectivity index (χ3n) is 4.56. The molecule has 1 N–H and O–H groups in total. The van der Waals surface area contributed by atoms with Gasteiger partial charge in [0.25, 0.3) is 0 Å². The van der Waals surface area contributed by atoms with Crippen LogP contribution in [0.3, 0.4) is 0 Å². The Kier molecular flexibility index (Phi) is 16.1. The summed E-state index contributed by atoms with van der Waals surface area (Å²) in [5.41, 5.74) is 0. The van der Waals surface area contributed by atoms with Gasteiger partial charge in [-0.15, -0.1) is 0 Å². The molecule has 5 aromatic rings. The molecule has 0 radical (unpaired) electrons. The molecule has 0 saturated carbocycles. The number of hydrogen-bond donors (Lipinski definition) is 1. The fourth-order valence-corrected chi connectivity index (χ4v) is 5.57. The number of hydrogen-bond acceptors (Lipinski definition) is 1. The van der Waals surface area contributed by atoms with Gasteiger partial charge in [0.05, 0.1) is 17.3 Å². The van der Waals surface area contributed by atoms with Crippen LogP contribution in [0.25, 0.3) is 0 Å². The Morgan fingerprint density at radius 2 is 1.09 bits per heavy atom. The van der Waals surface area contributed by atoms with E-state index >= 15 is 0 Å². The van der Waals surface area contributed by atoms with Crippen LogP contribution in [0.5, 0.6) is 0 Å². The van der Waals surface area contributed by atoms with Gasteiger partial charge in [-0.05, 0) is 30.4 Å². The Morgan fingerprint density at radius 3 is 1.33 bits per heavy atom. The molecule has 170 valence electrons. The van der Waals surface area contributed by atoms with Crippen LogP contribution in [0.15, 0.2) is 127 Å². The first-order valence-electron chi connectivity index (χ1n) is 10.4. The predicted octanol–water partition coefficient (Wildman–Crippen LogP) is 6.24. The van der Waals surface area contributed by atoms with Crippen LogP contribution in [0, 0.1) is 62.0 Å². The van der Waals surface area contributed by atoms with E-state index in [0.717, 1.165) is 6.16 Å². The zero-order chi connectivity index (χ0) is 22.7. The van der Waals surface area contributed by atoms with Crippen LogP contribution in [0.4, 0.5) is 0 Å². The molecule has 0 bridgehead atoms. The molecule has 1 nitrogen and oxygen atoms in total. The zero-order valence-electron chi connectivity index (χ0n) is 18.8. The van der Waals surface area contributed by atoms with E-state index in [4.69, 9.17) is 0 Å². The molecule has 0 saturated heterocycles. The summed E-state index contributed by atoms with van der Waals surface area (Å²) < 4.78 is 0. The Labute approximate surface area is 223 Å². The van der Waals surface area contributed by atoms with Gasteiger partial charge in [0.1, 0.15) is 0 Å². The van der Waals surface area contributed by atoms with E-state index in [2.05, 4.69) is 79.5 Å². The molecule has 0 aliphatic carbocycles. The summed E-state index contributed by atoms with van der Waals surface area (Å²) in [6, 6.07) is 52.9. The minimum atomic E-state index is -1.48. The normalized spacial score (nSPS) is 9.52. The third-order valence-corrected chi connectivity index (χ3v) is 8.33. The molecule has 0 atom stereocenters. The summed E-state index contributed by atoms with van der Waals surface area (Å²) in [6.45, 7) is 3.57. The van der Waals surface area contributed by atoms with Gasteiger partial charge in [0, 0.05) is 38.4 Å². The molecule has 0 aromatic heterocycles. The first kappa shape index (κ1) is 29.0. The van der Waals surface area contributed by atoms with Crippen molar-refractivity contribution in [2.45, 2.75) is 0 Å². The molecule has 5 rings (SSSR count). The quantitative estimate of drug-likeness (QED) is 0.177. The summed E-state index contributed by atoms with van der Waals surface area (Å²) in [7, 11) is -1.48. The average molecular weight is 674 g/mol. The van der Waals surface area contributed by atoms with Gasteiger partial charge < -0.3 is 35.4 Å². The molecule has 0 aliphatic rings. The minimum Gasteiger partial charge on any atom is -0.999 e. The predicted molar refractivity (Wildman–Crippen MR) is 138 cm³/mol. The number of benzene rings is 2. The maximum Gasteiger partial charge on any atom is 0.0962 e. The Balaban J connectivity index is 0.000000274. The summed E-state index contributed by atoms with van der Waals surface area (Å²) in [4.78, 5) is 0. The van der Waals surface area contributed by atoms with Crippen LogP contribution in [-0.2, 0) is 0 Å². The fourth-order valence-electron chi connectivity index (χ4n) is 2.86. The van der Waals surface area contributed by atoms with Crippen LogP contribution >= 0.6 is 7.26 Å². The second-order valence-electron chi connectivity index (χ2n) is 6.84. The molecular weight excluding hydrogens is 645 g/mol. The van der Waals surface area contributed by atoms with E-state index in [9.17, 15) is 5.11 Å². The molecule has 0 fully saturated rings. The molecule has 0 heterocycles. The van der Waals surface area contributed by atoms with Crippen molar-refractivity contribution in [3.8, 4) is 0 Å². The SMILES string of the molecule is C[P+](C[CH-]O)(c1ccccc1)c1ccccc1.[U].[c-]1[c-][c-][cH-][c-]1.c1cc[cH-]c1.c1cc[cH-]c1. The van der Waals surface area contributed by atoms with E-state index in [0.29, 0.717) is 0 Å². The van der Waals surface area contributed by atoms with Gasteiger partial charge in [-0.1, -0.05) is 36.4 Å². The summed E-state index contributed by atoms with van der Waals surface area (Å²) in [5.74, 6) is 0. The molecule has 3 heteroatoms. The van der Waals surface area contributed by atoms with Gasteiger partial charge >= 0.3 is 0 Å². The Hall–Kier alpha value is -2.07. The van der Waals surface area contributed by atoms with Crippen LogP contribution < -0.4 is 10.6 Å². The minimum absolute atomic E-state index is 0. The molecular formula is C30H28OPU-7. The number of rotatable bonds is 4. The molecule has 0 spiro atoms. The second kappa shape index (κ2) is 18.4. The average Bonchev–Trinajstić information content (AvgIpc) is 3.68. The molecule has 5 aromatic carbocycles. The van der Waals surface area contributed by atoms with E-state index < -0.39 is 7.26 Å². The van der Waals surface area contributed by atoms with Gasteiger partial charge in [0.15, 0.2) is 0 Å². The summed E-state index contributed by atoms with van der Waals surface area (Å²) in [5, 5.41) is 11.9. The van der Waals surface area contributed by atoms with Crippen LogP contribution in [0.1, 0.15) is 0 Å². The largest absolute Gasteiger partial charge is 0.999 e. The standard InChI is InChI=1S/C15H17OP.2C5H5.C5H.U/c1-17(13-12-16,14-8-4-2-5-9-14)15-10-6-3-7-11-15;3*1-2-4-5-3-1;/h2-12,16H,13H2,1H3;2*1-5H;1H;/q;2*-1;-5;. The molecule has 0 unspecified atom stereocenters. The monoisotopic (exact) mass is 673 g/mol. The molecule has 0 amide bonds. The van der Waals surface area contributed by atoms with Crippen molar-refractivity contribution in [1.29, 1.82) is 0 Å². The number of aliphatic hydroxyl groups excluding tert-OH is 1. The first-order chi connectivity index (χ1) is 15.8. The summed E-state index contributed by atoms with van der Waals surface area (Å²) >= 11 is 0. The van der Waals surface area contributed by atoms with Crippen molar-refractivity contribution in [3.05, 3.63) is 158 Å². The van der Waals surface area contributed by atoms with E-state index in [1.165, 1.54) is 17.2 Å². The molecule has 0 aliphatic heterocycles. The van der Waals surface area contributed by atoms with Crippen molar-refractivity contribution in [3.63, 3.8) is 0 Å². The smallest absolute Gasteiger partial charge is 0.0962 e. The van der Waals surface area contributed by atoms with Gasteiger partial charge in [-0.2, -0.15) is 43.0 Å². The Bertz CT molecular complexity index is 823. The molecule has 33 heavy (non-hydrogen) atoms. The van der Waals surface area contributed by atoms with Gasteiger partial charge in [-0.25, -0.2) is 24.3 Å². The second-order valence-corrected chi connectivity index (χ2v) is 10.6. The van der Waals surface area contributed by atoms with Crippen LogP contribution in [-0.4, -0.2) is 17.9 Å².